The molecule has 0 aromatic heterocycles. The van der Waals surface area contributed by atoms with Crippen LogP contribution in [-0.2, 0) is 39.9 Å². The molecule has 6 aliphatic rings. The Morgan fingerprint density at radius 1 is 0.964 bits per heavy atom. The summed E-state index contributed by atoms with van der Waals surface area (Å²) in [6, 6.07) is 6.96. The number of alkyl halides is 2. The zero-order chi connectivity index (χ0) is 40.1. The molecule has 1 amide bonds. The molecule has 14 heteroatoms. The zero-order valence-corrected chi connectivity index (χ0v) is 36.0. The quantitative estimate of drug-likeness (QED) is 0.111. The maximum atomic E-state index is 13.4. The van der Waals surface area contributed by atoms with E-state index in [4.69, 9.17) is 51.9 Å². The summed E-state index contributed by atoms with van der Waals surface area (Å²) in [5, 5.41) is 2.75. The fraction of sp³-hybridized carbons (Fsp3) is 0.810. The van der Waals surface area contributed by atoms with Gasteiger partial charge in [-0.15, -0.1) is 23.2 Å². The van der Waals surface area contributed by atoms with Crippen LogP contribution in [0.1, 0.15) is 85.6 Å². The fourth-order valence-electron chi connectivity index (χ4n) is 9.73. The van der Waals surface area contributed by atoms with Crippen LogP contribution >= 0.6 is 23.2 Å². The summed E-state index contributed by atoms with van der Waals surface area (Å²) in [5.41, 5.74) is 0.669. The van der Waals surface area contributed by atoms with Crippen LogP contribution in [-0.4, -0.2) is 128 Å². The number of halogens is 2. The molecular weight excluding hydrogens is 759 g/mol. The van der Waals surface area contributed by atoms with Crippen molar-refractivity contribution in [2.75, 3.05) is 75.6 Å². The van der Waals surface area contributed by atoms with Crippen LogP contribution in [0.2, 0.25) is 0 Å². The van der Waals surface area contributed by atoms with Gasteiger partial charge >= 0.3 is 12.1 Å². The molecular formula is C42H66Cl2N4O8. The molecule has 1 saturated carbocycles. The van der Waals surface area contributed by atoms with Gasteiger partial charge < -0.3 is 34.1 Å². The lowest BCUT2D eigenvalue weighted by molar-refractivity contribution is -0.571. The van der Waals surface area contributed by atoms with E-state index in [1.165, 1.54) is 6.42 Å². The number of nitrogens with zero attached hydrogens (tertiary/aromatic N) is 3. The van der Waals surface area contributed by atoms with Gasteiger partial charge in [0, 0.05) is 82.0 Å². The largest absolute Gasteiger partial charge is 0.463 e. The topological polar surface area (TPSA) is 111 Å². The van der Waals surface area contributed by atoms with Crippen LogP contribution in [0.15, 0.2) is 24.3 Å². The molecule has 1 aromatic carbocycles. The Bertz CT molecular complexity index is 1440. The third-order valence-corrected chi connectivity index (χ3v) is 13.1. The zero-order valence-electron chi connectivity index (χ0n) is 34.4. The number of hydrogen-bond acceptors (Lipinski definition) is 11. The van der Waals surface area contributed by atoms with E-state index in [0.717, 1.165) is 76.1 Å². The van der Waals surface area contributed by atoms with Gasteiger partial charge in [0.05, 0.1) is 6.10 Å². The normalized spacial score (nSPS) is 32.6. The van der Waals surface area contributed by atoms with Crippen molar-refractivity contribution >= 4 is 41.0 Å². The average Bonchev–Trinajstić information content (AvgIpc) is 3.39. The summed E-state index contributed by atoms with van der Waals surface area (Å²) in [6.07, 6.45) is 5.62. The standard InChI is InChI=1S/C42H66Cl2N4O8/c1-29-9-14-34-30(2)36(52-38-42(34)33(29)15-16-41(6,53-38)55-56-42)8-7-19-46-22-24-47(25-23-46)26-27-51-37(49)35(45-39(50)54-40(3,4)5)28-31-10-12-32(13-11-31)48(20-17-43)21-18-44/h10-13,29-30,33-36,38H,7-9,14-28H2,1-6H3,(H,45,50)/t29-,30-,33?,34+,35-,36-,38-,41?,42?/m1/s1. The number of carbonyl (C=O) groups is 2. The maximum absolute atomic E-state index is 13.4. The first-order valence-electron chi connectivity index (χ1n) is 21.0. The molecule has 0 radical (unpaired) electrons. The highest BCUT2D eigenvalue weighted by Crippen LogP contribution is 2.60. The molecule has 9 atom stereocenters. The van der Waals surface area contributed by atoms with Crippen LogP contribution in [0.25, 0.3) is 0 Å². The molecule has 1 spiro atoms. The number of hydrogen-bond donors (Lipinski definition) is 1. The number of rotatable bonds is 16. The maximum Gasteiger partial charge on any atom is 0.408 e. The highest BCUT2D eigenvalue weighted by Gasteiger charge is 2.69. The number of alkyl carbamates (subject to hydrolysis) is 1. The lowest BCUT2D eigenvalue weighted by Crippen LogP contribution is -2.70. The highest BCUT2D eigenvalue weighted by molar-refractivity contribution is 6.18. The molecule has 1 aliphatic carbocycles. The van der Waals surface area contributed by atoms with E-state index in [-0.39, 0.29) is 25.4 Å². The fourth-order valence-corrected chi connectivity index (χ4v) is 10.1. The number of fused-ring (bicyclic) bond motifs is 2. The van der Waals surface area contributed by atoms with Crippen LogP contribution < -0.4 is 10.2 Å². The average molecular weight is 826 g/mol. The van der Waals surface area contributed by atoms with Gasteiger partial charge in [0.2, 0.25) is 5.79 Å². The van der Waals surface area contributed by atoms with Gasteiger partial charge in [0.1, 0.15) is 18.2 Å². The van der Waals surface area contributed by atoms with Crippen molar-refractivity contribution in [3.05, 3.63) is 29.8 Å². The van der Waals surface area contributed by atoms with Crippen LogP contribution in [0.5, 0.6) is 0 Å². The van der Waals surface area contributed by atoms with Gasteiger partial charge in [0.15, 0.2) is 11.9 Å². The second-order valence-electron chi connectivity index (χ2n) is 17.9. The molecule has 316 valence electrons. The first kappa shape index (κ1) is 43.7. The summed E-state index contributed by atoms with van der Waals surface area (Å²) >= 11 is 12.0. The van der Waals surface area contributed by atoms with Crippen molar-refractivity contribution in [1.29, 1.82) is 0 Å². The summed E-state index contributed by atoms with van der Waals surface area (Å²) < 4.78 is 24.6. The minimum absolute atomic E-state index is 0.132. The van der Waals surface area contributed by atoms with Crippen LogP contribution in [0.3, 0.4) is 0 Å². The van der Waals surface area contributed by atoms with Gasteiger partial charge in [-0.05, 0) is 102 Å². The first-order chi connectivity index (χ1) is 26.7. The second kappa shape index (κ2) is 19.0. The first-order valence-corrected chi connectivity index (χ1v) is 22.1. The predicted molar refractivity (Wildman–Crippen MR) is 217 cm³/mol. The molecule has 7 rings (SSSR count). The number of nitrogens with one attached hydrogen (secondary N) is 1. The summed E-state index contributed by atoms with van der Waals surface area (Å²) in [4.78, 5) is 45.4. The van der Waals surface area contributed by atoms with Crippen molar-refractivity contribution in [3.63, 3.8) is 0 Å². The van der Waals surface area contributed by atoms with Gasteiger partial charge in [-0.1, -0.05) is 26.0 Å². The third kappa shape index (κ3) is 10.4. The Labute approximate surface area is 344 Å². The number of piperazine rings is 1. The van der Waals surface area contributed by atoms with Gasteiger partial charge in [-0.2, -0.15) is 0 Å². The smallest absolute Gasteiger partial charge is 0.408 e. The van der Waals surface area contributed by atoms with E-state index in [9.17, 15) is 9.59 Å². The minimum Gasteiger partial charge on any atom is -0.463 e. The summed E-state index contributed by atoms with van der Waals surface area (Å²) in [6.45, 7) is 19.0. The Balaban J connectivity index is 0.942. The Kier molecular flexibility index (Phi) is 14.8. The lowest BCUT2D eigenvalue weighted by atomic mass is 9.57. The Morgan fingerprint density at radius 2 is 1.64 bits per heavy atom. The molecule has 5 saturated heterocycles. The number of benzene rings is 1. The lowest BCUT2D eigenvalue weighted by Gasteiger charge is -2.60. The van der Waals surface area contributed by atoms with Crippen molar-refractivity contribution in [2.24, 2.45) is 23.7 Å². The van der Waals surface area contributed by atoms with Crippen molar-refractivity contribution in [2.45, 2.75) is 122 Å². The second-order valence-corrected chi connectivity index (χ2v) is 18.6. The van der Waals surface area contributed by atoms with Crippen molar-refractivity contribution < 1.29 is 38.3 Å². The molecule has 12 nitrogen and oxygen atoms in total. The number of amides is 1. The number of ether oxygens (including phenoxy) is 4. The SMILES string of the molecule is C[C@H]1[C@@H](CCCN2CCN(CCOC(=O)[C@@H](Cc3ccc(N(CCCl)CCCl)cc3)NC(=O)OC(C)(C)C)CC2)O[C@@H]2OC3(C)CCC4[C@H](C)CC[C@@H]1C42OO3. The summed E-state index contributed by atoms with van der Waals surface area (Å²) in [5.74, 6) is 1.43. The van der Waals surface area contributed by atoms with Crippen LogP contribution in [0, 0.1) is 23.7 Å². The van der Waals surface area contributed by atoms with Gasteiger partial charge in [0.25, 0.3) is 0 Å². The van der Waals surface area contributed by atoms with Crippen molar-refractivity contribution in [3.8, 4) is 0 Å². The van der Waals surface area contributed by atoms with E-state index in [1.54, 1.807) is 20.8 Å². The van der Waals surface area contributed by atoms with Gasteiger partial charge in [-0.3, -0.25) is 4.90 Å². The highest BCUT2D eigenvalue weighted by atomic mass is 35.5. The number of anilines is 1. The van der Waals surface area contributed by atoms with E-state index in [2.05, 4.69) is 33.9 Å². The Hall–Kier alpha value is -1.90. The molecule has 1 N–H and O–H groups in total. The third-order valence-electron chi connectivity index (χ3n) is 12.8. The van der Waals surface area contributed by atoms with Crippen LogP contribution in [0.4, 0.5) is 10.5 Å². The molecule has 5 heterocycles. The van der Waals surface area contributed by atoms with Gasteiger partial charge in [-0.25, -0.2) is 19.4 Å². The molecule has 3 unspecified atom stereocenters. The molecule has 6 fully saturated rings. The number of esters is 1. The number of carbonyl (C=O) groups excluding carboxylic acids is 2. The van der Waals surface area contributed by atoms with E-state index < -0.39 is 35.1 Å². The van der Waals surface area contributed by atoms with E-state index in [0.29, 0.717) is 55.1 Å². The minimum atomic E-state index is -0.896. The van der Waals surface area contributed by atoms with E-state index >= 15 is 0 Å². The van der Waals surface area contributed by atoms with E-state index in [1.807, 2.05) is 31.2 Å². The monoisotopic (exact) mass is 824 g/mol. The molecule has 2 bridgehead atoms. The van der Waals surface area contributed by atoms with Crippen molar-refractivity contribution in [1.82, 2.24) is 15.1 Å². The predicted octanol–water partition coefficient (Wildman–Crippen LogP) is 6.60. The molecule has 1 aromatic rings. The molecule has 5 aliphatic heterocycles. The summed E-state index contributed by atoms with van der Waals surface area (Å²) in [7, 11) is 0. The molecule has 56 heavy (non-hydrogen) atoms. The Morgan fingerprint density at radius 3 is 2.30 bits per heavy atom.